The predicted molar refractivity (Wildman–Crippen MR) is 106 cm³/mol. The van der Waals surface area contributed by atoms with E-state index in [9.17, 15) is 9.59 Å². The van der Waals surface area contributed by atoms with Crippen molar-refractivity contribution in [3.63, 3.8) is 0 Å². The summed E-state index contributed by atoms with van der Waals surface area (Å²) in [5.74, 6) is 0.150. The van der Waals surface area contributed by atoms with Gasteiger partial charge in [-0.3, -0.25) is 9.59 Å². The predicted octanol–water partition coefficient (Wildman–Crippen LogP) is 3.64. The van der Waals surface area contributed by atoms with Crippen LogP contribution in [0.5, 0.6) is 0 Å². The lowest BCUT2D eigenvalue weighted by atomic mass is 9.84. The molecule has 6 heteroatoms. The maximum atomic E-state index is 12.6. The standard InChI is InChI=1S/C20H25N3O2S/c21-13-17(14-6-2-1-3-7-14)23-19(24)15-8-4-9-16(12-15)22-20(25)18-10-5-11-26-18/h4-5,8-12,14,17H,1-3,6-7,13,21H2,(H,22,25)(H,23,24). The van der Waals surface area contributed by atoms with Crippen molar-refractivity contribution in [1.29, 1.82) is 0 Å². The van der Waals surface area contributed by atoms with Crippen LogP contribution in [0.3, 0.4) is 0 Å². The van der Waals surface area contributed by atoms with Crippen LogP contribution in [0, 0.1) is 5.92 Å². The van der Waals surface area contributed by atoms with E-state index in [2.05, 4.69) is 10.6 Å². The molecule has 138 valence electrons. The van der Waals surface area contributed by atoms with Gasteiger partial charge in [0.05, 0.1) is 4.88 Å². The van der Waals surface area contributed by atoms with Crippen LogP contribution in [-0.4, -0.2) is 24.4 Å². The van der Waals surface area contributed by atoms with Gasteiger partial charge in [-0.15, -0.1) is 11.3 Å². The van der Waals surface area contributed by atoms with Gasteiger partial charge >= 0.3 is 0 Å². The Balaban J connectivity index is 1.64. The van der Waals surface area contributed by atoms with Crippen molar-refractivity contribution < 1.29 is 9.59 Å². The molecule has 26 heavy (non-hydrogen) atoms. The number of amides is 2. The molecule has 1 atom stereocenters. The molecule has 2 amide bonds. The summed E-state index contributed by atoms with van der Waals surface area (Å²) in [4.78, 5) is 25.5. The average Bonchev–Trinajstić information content (AvgIpc) is 3.22. The number of hydrogen-bond donors (Lipinski definition) is 3. The fourth-order valence-corrected chi connectivity index (χ4v) is 4.12. The van der Waals surface area contributed by atoms with Crippen molar-refractivity contribution in [2.75, 3.05) is 11.9 Å². The van der Waals surface area contributed by atoms with Crippen LogP contribution < -0.4 is 16.4 Å². The summed E-state index contributed by atoms with van der Waals surface area (Å²) < 4.78 is 0. The molecule has 3 rings (SSSR count). The molecular formula is C20H25N3O2S. The summed E-state index contributed by atoms with van der Waals surface area (Å²) >= 11 is 1.38. The molecule has 0 aliphatic heterocycles. The Kier molecular flexibility index (Phi) is 6.41. The zero-order valence-corrected chi connectivity index (χ0v) is 15.6. The quantitative estimate of drug-likeness (QED) is 0.725. The van der Waals surface area contributed by atoms with Gasteiger partial charge in [0.15, 0.2) is 0 Å². The lowest BCUT2D eigenvalue weighted by Crippen LogP contribution is -2.45. The molecular weight excluding hydrogens is 346 g/mol. The Hall–Kier alpha value is -2.18. The first-order chi connectivity index (χ1) is 12.7. The fraction of sp³-hybridized carbons (Fsp3) is 0.400. The van der Waals surface area contributed by atoms with E-state index < -0.39 is 0 Å². The van der Waals surface area contributed by atoms with Crippen LogP contribution >= 0.6 is 11.3 Å². The van der Waals surface area contributed by atoms with Crippen LogP contribution in [0.2, 0.25) is 0 Å². The topological polar surface area (TPSA) is 84.2 Å². The lowest BCUT2D eigenvalue weighted by Gasteiger charge is -2.30. The number of benzene rings is 1. The molecule has 1 aliphatic rings. The van der Waals surface area contributed by atoms with Gasteiger partial charge in [0, 0.05) is 23.8 Å². The van der Waals surface area contributed by atoms with Crippen LogP contribution in [0.4, 0.5) is 5.69 Å². The monoisotopic (exact) mass is 371 g/mol. The van der Waals surface area contributed by atoms with E-state index in [0.717, 1.165) is 12.8 Å². The maximum absolute atomic E-state index is 12.6. The van der Waals surface area contributed by atoms with Crippen LogP contribution in [-0.2, 0) is 0 Å². The normalized spacial score (nSPS) is 16.0. The van der Waals surface area contributed by atoms with E-state index in [-0.39, 0.29) is 17.9 Å². The first-order valence-electron chi connectivity index (χ1n) is 9.13. The second kappa shape index (κ2) is 8.96. The van der Waals surface area contributed by atoms with E-state index in [1.807, 2.05) is 11.4 Å². The summed E-state index contributed by atoms with van der Waals surface area (Å²) in [6.45, 7) is 0.450. The highest BCUT2D eigenvalue weighted by molar-refractivity contribution is 7.12. The van der Waals surface area contributed by atoms with Gasteiger partial charge < -0.3 is 16.4 Å². The molecule has 0 radical (unpaired) electrons. The minimum atomic E-state index is -0.167. The Labute approximate surface area is 158 Å². The number of carbonyl (C=O) groups is 2. The Morgan fingerprint density at radius 3 is 2.62 bits per heavy atom. The number of thiophene rings is 1. The second-order valence-electron chi connectivity index (χ2n) is 6.73. The number of carbonyl (C=O) groups excluding carboxylic acids is 2. The molecule has 0 bridgehead atoms. The summed E-state index contributed by atoms with van der Waals surface area (Å²) in [7, 11) is 0. The summed E-state index contributed by atoms with van der Waals surface area (Å²) in [5.41, 5.74) is 7.05. The average molecular weight is 372 g/mol. The Morgan fingerprint density at radius 2 is 1.92 bits per heavy atom. The van der Waals surface area contributed by atoms with Crippen LogP contribution in [0.25, 0.3) is 0 Å². The van der Waals surface area contributed by atoms with Crippen molar-refractivity contribution in [2.45, 2.75) is 38.1 Å². The van der Waals surface area contributed by atoms with E-state index in [1.54, 1.807) is 30.3 Å². The van der Waals surface area contributed by atoms with Gasteiger partial charge in [0.2, 0.25) is 0 Å². The van der Waals surface area contributed by atoms with E-state index in [4.69, 9.17) is 5.73 Å². The third-order valence-corrected chi connectivity index (χ3v) is 5.79. The molecule has 2 aromatic rings. The summed E-state index contributed by atoms with van der Waals surface area (Å²) in [6.07, 6.45) is 5.94. The third-order valence-electron chi connectivity index (χ3n) is 4.92. The molecule has 1 aromatic carbocycles. The number of hydrogen-bond acceptors (Lipinski definition) is 4. The second-order valence-corrected chi connectivity index (χ2v) is 7.67. The zero-order chi connectivity index (χ0) is 18.4. The molecule has 5 nitrogen and oxygen atoms in total. The highest BCUT2D eigenvalue weighted by Gasteiger charge is 2.24. The van der Waals surface area contributed by atoms with Gasteiger partial charge in [0.1, 0.15) is 0 Å². The van der Waals surface area contributed by atoms with Gasteiger partial charge in [-0.05, 0) is 48.4 Å². The van der Waals surface area contributed by atoms with Gasteiger partial charge in [-0.2, -0.15) is 0 Å². The zero-order valence-electron chi connectivity index (χ0n) is 14.7. The minimum Gasteiger partial charge on any atom is -0.348 e. The molecule has 1 aliphatic carbocycles. The molecule has 1 saturated carbocycles. The van der Waals surface area contributed by atoms with Crippen molar-refractivity contribution in [3.05, 3.63) is 52.2 Å². The highest BCUT2D eigenvalue weighted by Crippen LogP contribution is 2.26. The van der Waals surface area contributed by atoms with Gasteiger partial charge in [0.25, 0.3) is 11.8 Å². The molecule has 1 heterocycles. The first kappa shape index (κ1) is 18.6. The fourth-order valence-electron chi connectivity index (χ4n) is 3.50. The first-order valence-corrected chi connectivity index (χ1v) is 10.0. The van der Waals surface area contributed by atoms with Crippen LogP contribution in [0.1, 0.15) is 52.1 Å². The molecule has 1 fully saturated rings. The SMILES string of the molecule is NCC(NC(=O)c1cccc(NC(=O)c2cccs2)c1)C1CCCCC1. The third kappa shape index (κ3) is 4.71. The Bertz CT molecular complexity index is 739. The lowest BCUT2D eigenvalue weighted by molar-refractivity contribution is 0.0914. The highest BCUT2D eigenvalue weighted by atomic mass is 32.1. The number of rotatable bonds is 6. The molecule has 1 unspecified atom stereocenters. The molecule has 4 N–H and O–H groups in total. The van der Waals surface area contributed by atoms with E-state index in [1.165, 1.54) is 30.6 Å². The summed E-state index contributed by atoms with van der Waals surface area (Å²) in [5, 5.41) is 7.78. The molecule has 0 spiro atoms. The number of nitrogens with two attached hydrogens (primary N) is 1. The summed E-state index contributed by atoms with van der Waals surface area (Å²) in [6, 6.07) is 10.6. The minimum absolute atomic E-state index is 0.00664. The number of nitrogens with one attached hydrogen (secondary N) is 2. The van der Waals surface area contributed by atoms with Gasteiger partial charge in [-0.25, -0.2) is 0 Å². The van der Waals surface area contributed by atoms with Crippen LogP contribution in [0.15, 0.2) is 41.8 Å². The maximum Gasteiger partial charge on any atom is 0.265 e. The number of anilines is 1. The molecule has 1 aromatic heterocycles. The smallest absolute Gasteiger partial charge is 0.265 e. The van der Waals surface area contributed by atoms with E-state index in [0.29, 0.717) is 28.6 Å². The largest absolute Gasteiger partial charge is 0.348 e. The van der Waals surface area contributed by atoms with Crippen molar-refractivity contribution >= 4 is 28.8 Å². The Morgan fingerprint density at radius 1 is 1.12 bits per heavy atom. The van der Waals surface area contributed by atoms with E-state index >= 15 is 0 Å². The van der Waals surface area contributed by atoms with Crippen molar-refractivity contribution in [3.8, 4) is 0 Å². The van der Waals surface area contributed by atoms with Gasteiger partial charge in [-0.1, -0.05) is 31.4 Å². The molecule has 0 saturated heterocycles. The van der Waals surface area contributed by atoms with Crippen molar-refractivity contribution in [2.24, 2.45) is 11.7 Å². The van der Waals surface area contributed by atoms with Crippen molar-refractivity contribution in [1.82, 2.24) is 5.32 Å².